The molecular weight excluding hydrogens is 384 g/mol. The Hall–Kier alpha value is -2.05. The van der Waals surface area contributed by atoms with Crippen molar-refractivity contribution in [1.82, 2.24) is 5.32 Å². The van der Waals surface area contributed by atoms with Gasteiger partial charge in [0.05, 0.1) is 10.6 Å². The lowest BCUT2D eigenvalue weighted by atomic mass is 10.0. The van der Waals surface area contributed by atoms with Crippen molar-refractivity contribution in [2.45, 2.75) is 44.6 Å². The molecule has 1 N–H and O–H groups in total. The molecule has 0 saturated carbocycles. The van der Waals surface area contributed by atoms with Crippen molar-refractivity contribution in [2.24, 2.45) is 0 Å². The van der Waals surface area contributed by atoms with E-state index in [4.69, 9.17) is 11.6 Å². The predicted octanol–water partition coefficient (Wildman–Crippen LogP) is 4.15. The van der Waals surface area contributed by atoms with Gasteiger partial charge in [0.1, 0.15) is 6.54 Å². The van der Waals surface area contributed by atoms with Crippen LogP contribution in [0.2, 0.25) is 5.02 Å². The van der Waals surface area contributed by atoms with Crippen molar-refractivity contribution >= 4 is 33.2 Å². The number of nitrogens with zero attached hydrogens (tertiary/aromatic N) is 1. The number of halogens is 1. The summed E-state index contributed by atoms with van der Waals surface area (Å²) in [5.74, 6) is -0.361. The third-order valence-electron chi connectivity index (χ3n) is 4.37. The lowest BCUT2D eigenvalue weighted by Crippen LogP contribution is -2.48. The summed E-state index contributed by atoms with van der Waals surface area (Å²) in [7, 11) is -3.93. The highest BCUT2D eigenvalue weighted by Gasteiger charge is 2.28. The van der Waals surface area contributed by atoms with Crippen LogP contribution < -0.4 is 9.62 Å². The quantitative estimate of drug-likeness (QED) is 0.748. The molecule has 5 nitrogen and oxygen atoms in total. The van der Waals surface area contributed by atoms with E-state index in [1.54, 1.807) is 12.1 Å². The van der Waals surface area contributed by atoms with Crippen molar-refractivity contribution in [1.29, 1.82) is 0 Å². The number of anilines is 1. The van der Waals surface area contributed by atoms with Crippen molar-refractivity contribution in [3.8, 4) is 0 Å². The van der Waals surface area contributed by atoms with Crippen LogP contribution in [0.4, 0.5) is 5.69 Å². The van der Waals surface area contributed by atoms with E-state index in [1.165, 1.54) is 24.3 Å². The number of nitrogens with one attached hydrogen (secondary N) is 1. The van der Waals surface area contributed by atoms with Crippen LogP contribution in [0.5, 0.6) is 0 Å². The second-order valence-corrected chi connectivity index (χ2v) is 9.39. The number of rotatable bonds is 7. The Morgan fingerprint density at radius 2 is 1.63 bits per heavy atom. The van der Waals surface area contributed by atoms with Gasteiger partial charge in [-0.3, -0.25) is 9.10 Å². The fourth-order valence-corrected chi connectivity index (χ4v) is 3.94. The molecule has 0 fully saturated rings. The van der Waals surface area contributed by atoms with Crippen LogP contribution in [0.25, 0.3) is 0 Å². The number of carbonyl (C=O) groups is 1. The first-order valence-corrected chi connectivity index (χ1v) is 10.5. The minimum Gasteiger partial charge on any atom is -0.350 e. The minimum atomic E-state index is -3.93. The molecule has 7 heteroatoms. The van der Waals surface area contributed by atoms with Crippen LogP contribution in [-0.4, -0.2) is 26.4 Å². The highest BCUT2D eigenvalue weighted by atomic mass is 35.5. The maximum Gasteiger partial charge on any atom is 0.264 e. The molecule has 0 aliphatic rings. The molecule has 0 radical (unpaired) electrons. The number of aryl methyl sites for hydroxylation is 1. The van der Waals surface area contributed by atoms with Gasteiger partial charge < -0.3 is 5.32 Å². The number of sulfonamides is 1. The number of carbonyl (C=O) groups excluding carboxylic acids is 1. The largest absolute Gasteiger partial charge is 0.350 e. The summed E-state index contributed by atoms with van der Waals surface area (Å²) in [6.45, 7) is 7.36. The van der Waals surface area contributed by atoms with Crippen LogP contribution >= 0.6 is 11.6 Å². The summed E-state index contributed by atoms with van der Waals surface area (Å²) in [5.41, 5.74) is 1.01. The van der Waals surface area contributed by atoms with Gasteiger partial charge in [0.15, 0.2) is 0 Å². The van der Waals surface area contributed by atoms with Crippen LogP contribution in [0.15, 0.2) is 53.4 Å². The van der Waals surface area contributed by atoms with E-state index in [0.717, 1.165) is 16.3 Å². The number of amides is 1. The number of benzene rings is 2. The molecule has 27 heavy (non-hydrogen) atoms. The summed E-state index contributed by atoms with van der Waals surface area (Å²) >= 11 is 5.88. The zero-order valence-electron chi connectivity index (χ0n) is 16.0. The molecule has 0 aliphatic heterocycles. The van der Waals surface area contributed by atoms with Gasteiger partial charge in [-0.15, -0.1) is 0 Å². The molecule has 2 aromatic rings. The molecule has 0 saturated heterocycles. The van der Waals surface area contributed by atoms with Gasteiger partial charge in [-0.05, 0) is 63.6 Å². The zero-order valence-corrected chi connectivity index (χ0v) is 17.6. The van der Waals surface area contributed by atoms with Crippen molar-refractivity contribution < 1.29 is 13.2 Å². The maximum absolute atomic E-state index is 13.2. The van der Waals surface area contributed by atoms with E-state index >= 15 is 0 Å². The first-order chi connectivity index (χ1) is 12.5. The minimum absolute atomic E-state index is 0.0787. The lowest BCUT2D eigenvalue weighted by molar-refractivity contribution is -0.121. The first kappa shape index (κ1) is 21.3. The maximum atomic E-state index is 13.2. The van der Waals surface area contributed by atoms with Crippen LogP contribution in [-0.2, 0) is 14.8 Å². The SMILES string of the molecule is CCC(C)(C)NC(=O)CN(c1ccc(C)cc1)S(=O)(=O)c1ccc(Cl)cc1. The molecule has 2 aromatic carbocycles. The Bertz CT molecular complexity index is 892. The fraction of sp³-hybridized carbons (Fsp3) is 0.350. The summed E-state index contributed by atoms with van der Waals surface area (Å²) < 4.78 is 27.5. The summed E-state index contributed by atoms with van der Waals surface area (Å²) in [5, 5.41) is 3.33. The van der Waals surface area contributed by atoms with Gasteiger partial charge in [-0.2, -0.15) is 0 Å². The van der Waals surface area contributed by atoms with Crippen molar-refractivity contribution in [3.63, 3.8) is 0 Å². The van der Waals surface area contributed by atoms with Gasteiger partial charge in [0.25, 0.3) is 10.0 Å². The van der Waals surface area contributed by atoms with E-state index in [1.807, 2.05) is 39.8 Å². The zero-order chi connectivity index (χ0) is 20.2. The molecular formula is C20H25ClN2O3S. The Labute approximate surface area is 166 Å². The highest BCUT2D eigenvalue weighted by molar-refractivity contribution is 7.92. The molecule has 0 atom stereocenters. The molecule has 1 amide bonds. The second kappa shape index (κ2) is 8.31. The molecule has 0 spiro atoms. The van der Waals surface area contributed by atoms with Gasteiger partial charge in [0, 0.05) is 10.6 Å². The van der Waals surface area contributed by atoms with E-state index in [9.17, 15) is 13.2 Å². The summed E-state index contributed by atoms with van der Waals surface area (Å²) in [4.78, 5) is 12.6. The van der Waals surface area contributed by atoms with Gasteiger partial charge in [0.2, 0.25) is 5.91 Å². The molecule has 2 rings (SSSR count). The average molecular weight is 409 g/mol. The molecule has 0 aliphatic carbocycles. The van der Waals surface area contributed by atoms with Crippen LogP contribution in [0, 0.1) is 6.92 Å². The third kappa shape index (κ3) is 5.47. The highest BCUT2D eigenvalue weighted by Crippen LogP contribution is 2.25. The predicted molar refractivity (Wildman–Crippen MR) is 110 cm³/mol. The smallest absolute Gasteiger partial charge is 0.264 e. The normalized spacial score (nSPS) is 11.9. The Kier molecular flexibility index (Phi) is 6.54. The molecule has 0 unspecified atom stereocenters. The van der Waals surface area contributed by atoms with E-state index < -0.39 is 15.6 Å². The van der Waals surface area contributed by atoms with Gasteiger partial charge in [-0.25, -0.2) is 8.42 Å². The van der Waals surface area contributed by atoms with Crippen molar-refractivity contribution in [3.05, 3.63) is 59.1 Å². The molecule has 0 bridgehead atoms. The van der Waals surface area contributed by atoms with Crippen LogP contribution in [0.1, 0.15) is 32.8 Å². The van der Waals surface area contributed by atoms with Gasteiger partial charge in [-0.1, -0.05) is 36.2 Å². The Morgan fingerprint density at radius 3 is 2.15 bits per heavy atom. The van der Waals surface area contributed by atoms with E-state index in [-0.39, 0.29) is 17.3 Å². The topological polar surface area (TPSA) is 66.5 Å². The monoisotopic (exact) mass is 408 g/mol. The molecule has 146 valence electrons. The lowest BCUT2D eigenvalue weighted by Gasteiger charge is -2.28. The first-order valence-electron chi connectivity index (χ1n) is 8.71. The second-order valence-electron chi connectivity index (χ2n) is 7.09. The van der Waals surface area contributed by atoms with Gasteiger partial charge >= 0.3 is 0 Å². The summed E-state index contributed by atoms with van der Waals surface area (Å²) in [6.07, 6.45) is 0.729. The molecule has 0 heterocycles. The summed E-state index contributed by atoms with van der Waals surface area (Å²) in [6, 6.07) is 12.9. The van der Waals surface area contributed by atoms with Crippen molar-refractivity contribution in [2.75, 3.05) is 10.8 Å². The van der Waals surface area contributed by atoms with Crippen LogP contribution in [0.3, 0.4) is 0 Å². The van der Waals surface area contributed by atoms with E-state index in [2.05, 4.69) is 5.32 Å². The Balaban J connectivity index is 2.42. The number of hydrogen-bond acceptors (Lipinski definition) is 3. The molecule has 0 aromatic heterocycles. The average Bonchev–Trinajstić information content (AvgIpc) is 2.60. The number of hydrogen-bond donors (Lipinski definition) is 1. The third-order valence-corrected chi connectivity index (χ3v) is 6.41. The van der Waals surface area contributed by atoms with E-state index in [0.29, 0.717) is 10.7 Å². The standard InChI is InChI=1S/C20H25ClN2O3S/c1-5-20(3,4)22-19(24)14-23(17-10-6-15(2)7-11-17)27(25,26)18-12-8-16(21)9-13-18/h6-13H,5,14H2,1-4H3,(H,22,24). The fourth-order valence-electron chi connectivity index (χ4n) is 2.40. The Morgan fingerprint density at radius 1 is 1.07 bits per heavy atom.